The monoisotopic (exact) mass is 333 g/mol. The molecule has 1 heterocycles. The van der Waals surface area contributed by atoms with Gasteiger partial charge in [0, 0.05) is 37.4 Å². The molecule has 0 aromatic heterocycles. The highest BCUT2D eigenvalue weighted by molar-refractivity contribution is 5.84. The number of terminal acetylenes is 1. The van der Waals surface area contributed by atoms with E-state index >= 15 is 0 Å². The number of nitrogens with one attached hydrogen (secondary N) is 1. The quantitative estimate of drug-likeness (QED) is 0.854. The molecule has 25 heavy (non-hydrogen) atoms. The fourth-order valence-electron chi connectivity index (χ4n) is 3.07. The van der Waals surface area contributed by atoms with Crippen molar-refractivity contribution in [3.63, 3.8) is 0 Å². The molecule has 2 aromatic rings. The number of benzene rings is 2. The molecular weight excluding hydrogens is 310 g/mol. The van der Waals surface area contributed by atoms with Crippen molar-refractivity contribution in [3.05, 3.63) is 54.6 Å². The molecule has 0 unspecified atom stereocenters. The number of nitrogens with zero attached hydrogens (tertiary/aromatic N) is 2. The first kappa shape index (κ1) is 17.1. The Morgan fingerprint density at radius 3 is 2.40 bits per heavy atom. The maximum absolute atomic E-state index is 12.5. The van der Waals surface area contributed by atoms with Gasteiger partial charge in [-0.05, 0) is 11.6 Å². The molecule has 1 aliphatic heterocycles. The smallest absolute Gasteiger partial charge is 0.241 e. The van der Waals surface area contributed by atoms with Gasteiger partial charge in [0.1, 0.15) is 0 Å². The van der Waals surface area contributed by atoms with E-state index in [9.17, 15) is 4.79 Å². The van der Waals surface area contributed by atoms with Crippen LogP contribution in [0.25, 0.3) is 11.1 Å². The van der Waals surface area contributed by atoms with E-state index < -0.39 is 0 Å². The molecule has 1 N–H and O–H groups in total. The number of carbonyl (C=O) groups excluding carboxylic acids is 1. The molecule has 0 aliphatic carbocycles. The highest BCUT2D eigenvalue weighted by atomic mass is 16.2. The van der Waals surface area contributed by atoms with Gasteiger partial charge in [0.15, 0.2) is 0 Å². The number of hydrogen-bond donors (Lipinski definition) is 1. The van der Waals surface area contributed by atoms with E-state index in [4.69, 9.17) is 6.42 Å². The minimum atomic E-state index is 0.128. The van der Waals surface area contributed by atoms with Crippen molar-refractivity contribution < 1.29 is 4.79 Å². The number of rotatable bonds is 5. The van der Waals surface area contributed by atoms with Gasteiger partial charge in [-0.25, -0.2) is 0 Å². The Balaban J connectivity index is 1.59. The SMILES string of the molecule is C#CCN1CCN(C(=O)CNc2ccccc2-c2ccccc2)CC1. The van der Waals surface area contributed by atoms with E-state index in [1.54, 1.807) is 0 Å². The van der Waals surface area contributed by atoms with Gasteiger partial charge in [0.25, 0.3) is 0 Å². The number of para-hydroxylation sites is 1. The van der Waals surface area contributed by atoms with E-state index in [2.05, 4.69) is 34.3 Å². The summed E-state index contributed by atoms with van der Waals surface area (Å²) in [4.78, 5) is 16.6. The Bertz CT molecular complexity index is 743. The summed E-state index contributed by atoms with van der Waals surface area (Å²) in [6.45, 7) is 4.13. The molecule has 0 spiro atoms. The van der Waals surface area contributed by atoms with Gasteiger partial charge < -0.3 is 10.2 Å². The lowest BCUT2D eigenvalue weighted by atomic mass is 10.0. The first-order valence-corrected chi connectivity index (χ1v) is 8.60. The van der Waals surface area contributed by atoms with Gasteiger partial charge in [-0.15, -0.1) is 6.42 Å². The van der Waals surface area contributed by atoms with Crippen LogP contribution in [0, 0.1) is 12.3 Å². The third-order valence-electron chi connectivity index (χ3n) is 4.48. The van der Waals surface area contributed by atoms with E-state index in [1.165, 1.54) is 0 Å². The zero-order chi connectivity index (χ0) is 17.5. The Morgan fingerprint density at radius 2 is 1.68 bits per heavy atom. The normalized spacial score (nSPS) is 14.8. The van der Waals surface area contributed by atoms with Crippen molar-refractivity contribution in [2.45, 2.75) is 0 Å². The van der Waals surface area contributed by atoms with Crippen molar-refractivity contribution in [3.8, 4) is 23.5 Å². The van der Waals surface area contributed by atoms with Crippen LogP contribution in [0.15, 0.2) is 54.6 Å². The lowest BCUT2D eigenvalue weighted by molar-refractivity contribution is -0.130. The lowest BCUT2D eigenvalue weighted by Crippen LogP contribution is -2.50. The summed E-state index contributed by atoms with van der Waals surface area (Å²) in [5, 5.41) is 3.31. The van der Waals surface area contributed by atoms with Crippen molar-refractivity contribution in [2.24, 2.45) is 0 Å². The van der Waals surface area contributed by atoms with E-state index in [1.807, 2.05) is 41.3 Å². The molecule has 128 valence electrons. The van der Waals surface area contributed by atoms with Crippen LogP contribution < -0.4 is 5.32 Å². The number of piperazine rings is 1. The third-order valence-corrected chi connectivity index (χ3v) is 4.48. The predicted molar refractivity (Wildman–Crippen MR) is 102 cm³/mol. The fourth-order valence-corrected chi connectivity index (χ4v) is 3.07. The first-order valence-electron chi connectivity index (χ1n) is 8.60. The molecular formula is C21H23N3O. The Kier molecular flexibility index (Phi) is 5.71. The zero-order valence-electron chi connectivity index (χ0n) is 14.3. The summed E-state index contributed by atoms with van der Waals surface area (Å²) in [6, 6.07) is 18.3. The van der Waals surface area contributed by atoms with Crippen molar-refractivity contribution in [1.29, 1.82) is 0 Å². The summed E-state index contributed by atoms with van der Waals surface area (Å²) < 4.78 is 0. The van der Waals surface area contributed by atoms with Gasteiger partial charge in [-0.2, -0.15) is 0 Å². The van der Waals surface area contributed by atoms with Crippen LogP contribution in [0.3, 0.4) is 0 Å². The molecule has 0 saturated carbocycles. The van der Waals surface area contributed by atoms with E-state index in [0.717, 1.165) is 43.0 Å². The van der Waals surface area contributed by atoms with Gasteiger partial charge in [0.2, 0.25) is 5.91 Å². The summed E-state index contributed by atoms with van der Waals surface area (Å²) >= 11 is 0. The topological polar surface area (TPSA) is 35.6 Å². The van der Waals surface area contributed by atoms with Crippen LogP contribution in [0.2, 0.25) is 0 Å². The van der Waals surface area contributed by atoms with Gasteiger partial charge in [0.05, 0.1) is 13.1 Å². The average molecular weight is 333 g/mol. The van der Waals surface area contributed by atoms with Crippen LogP contribution in [0.5, 0.6) is 0 Å². The first-order chi connectivity index (χ1) is 12.3. The molecule has 1 fully saturated rings. The highest BCUT2D eigenvalue weighted by Crippen LogP contribution is 2.27. The molecule has 0 atom stereocenters. The Labute approximate surface area is 149 Å². The Hall–Kier alpha value is -2.77. The molecule has 4 nitrogen and oxygen atoms in total. The van der Waals surface area contributed by atoms with Gasteiger partial charge in [-0.1, -0.05) is 54.5 Å². The molecule has 1 saturated heterocycles. The average Bonchev–Trinajstić information content (AvgIpc) is 2.68. The molecule has 1 aliphatic rings. The largest absolute Gasteiger partial charge is 0.376 e. The minimum absolute atomic E-state index is 0.128. The van der Waals surface area contributed by atoms with Gasteiger partial charge in [-0.3, -0.25) is 9.69 Å². The standard InChI is InChI=1S/C21H23N3O/c1-2-12-23-13-15-24(16-14-23)21(25)17-22-20-11-7-6-10-19(20)18-8-4-3-5-9-18/h1,3-11,22H,12-17H2. The second-order valence-corrected chi connectivity index (χ2v) is 6.13. The number of amides is 1. The van der Waals surface area contributed by atoms with E-state index in [-0.39, 0.29) is 5.91 Å². The molecule has 0 bridgehead atoms. The molecule has 2 aromatic carbocycles. The van der Waals surface area contributed by atoms with Crippen LogP contribution in [-0.2, 0) is 4.79 Å². The van der Waals surface area contributed by atoms with Crippen LogP contribution in [0.4, 0.5) is 5.69 Å². The predicted octanol–water partition coefficient (Wildman–Crippen LogP) is 2.54. The summed E-state index contributed by atoms with van der Waals surface area (Å²) in [6.07, 6.45) is 5.35. The molecule has 3 rings (SSSR count). The molecule has 4 heteroatoms. The second kappa shape index (κ2) is 8.36. The summed E-state index contributed by atoms with van der Waals surface area (Å²) in [5.74, 6) is 2.79. The second-order valence-electron chi connectivity index (χ2n) is 6.13. The number of anilines is 1. The number of hydrogen-bond acceptors (Lipinski definition) is 3. The van der Waals surface area contributed by atoms with Crippen molar-refractivity contribution in [2.75, 3.05) is 44.6 Å². The van der Waals surface area contributed by atoms with Gasteiger partial charge >= 0.3 is 0 Å². The highest BCUT2D eigenvalue weighted by Gasteiger charge is 2.20. The van der Waals surface area contributed by atoms with Crippen LogP contribution >= 0.6 is 0 Å². The number of carbonyl (C=O) groups is 1. The molecule has 1 amide bonds. The summed E-state index contributed by atoms with van der Waals surface area (Å²) in [5.41, 5.74) is 3.23. The van der Waals surface area contributed by atoms with Crippen molar-refractivity contribution in [1.82, 2.24) is 9.80 Å². The summed E-state index contributed by atoms with van der Waals surface area (Å²) in [7, 11) is 0. The van der Waals surface area contributed by atoms with Crippen molar-refractivity contribution >= 4 is 11.6 Å². The van der Waals surface area contributed by atoms with Crippen LogP contribution in [-0.4, -0.2) is 55.0 Å². The Morgan fingerprint density at radius 1 is 1.00 bits per heavy atom. The lowest BCUT2D eigenvalue weighted by Gasteiger charge is -2.33. The van der Waals surface area contributed by atoms with Crippen LogP contribution in [0.1, 0.15) is 0 Å². The maximum atomic E-state index is 12.5. The van der Waals surface area contributed by atoms with E-state index in [0.29, 0.717) is 13.1 Å². The zero-order valence-corrected chi connectivity index (χ0v) is 14.3. The third kappa shape index (κ3) is 4.40. The minimum Gasteiger partial charge on any atom is -0.376 e. The molecule has 0 radical (unpaired) electrons. The maximum Gasteiger partial charge on any atom is 0.241 e. The fraction of sp³-hybridized carbons (Fsp3) is 0.286.